The Kier molecular flexibility index (Phi) is 18.1. The van der Waals surface area contributed by atoms with Crippen molar-refractivity contribution in [2.24, 2.45) is 0 Å². The molecule has 0 bridgehead atoms. The fourth-order valence-electron chi connectivity index (χ4n) is 5.24. The van der Waals surface area contributed by atoms with E-state index in [0.717, 1.165) is 42.4 Å². The molecule has 2 aromatic heterocycles. The number of carbonyl (C=O) groups is 1. The van der Waals surface area contributed by atoms with Gasteiger partial charge < -0.3 is 25.3 Å². The topological polar surface area (TPSA) is 106 Å². The summed E-state index contributed by atoms with van der Waals surface area (Å²) in [4.78, 5) is 26.5. The summed E-state index contributed by atoms with van der Waals surface area (Å²) in [7, 11) is 0. The van der Waals surface area contributed by atoms with Crippen molar-refractivity contribution in [1.29, 1.82) is 0 Å². The highest BCUT2D eigenvalue weighted by Gasteiger charge is 2.17. The number of hydrogen-bond acceptors (Lipinski definition) is 7. The molecule has 0 spiro atoms. The number of nitrogens with one attached hydrogen (secondary N) is 3. The predicted octanol–water partition coefficient (Wildman–Crippen LogP) is 9.75. The van der Waals surface area contributed by atoms with E-state index in [1.54, 1.807) is 6.33 Å². The highest BCUT2D eigenvalue weighted by molar-refractivity contribution is 5.84. The first-order valence-corrected chi connectivity index (χ1v) is 18.0. The molecule has 1 atom stereocenters. The fourth-order valence-corrected chi connectivity index (χ4v) is 5.24. The van der Waals surface area contributed by atoms with Crippen LogP contribution in [0.5, 0.6) is 0 Å². The van der Waals surface area contributed by atoms with Crippen LogP contribution in [0, 0.1) is 0 Å². The van der Waals surface area contributed by atoms with E-state index in [2.05, 4.69) is 85.1 Å². The van der Waals surface area contributed by atoms with Crippen LogP contribution in [0.1, 0.15) is 123 Å². The van der Waals surface area contributed by atoms with Gasteiger partial charge in [-0.15, -0.1) is 0 Å². The van der Waals surface area contributed by atoms with Crippen molar-refractivity contribution in [3.63, 3.8) is 0 Å². The van der Waals surface area contributed by atoms with Gasteiger partial charge in [0.05, 0.1) is 12.4 Å². The third-order valence-corrected chi connectivity index (χ3v) is 8.17. The first-order valence-electron chi connectivity index (χ1n) is 18.0. The number of benzene rings is 1. The molecule has 0 aliphatic heterocycles. The van der Waals surface area contributed by atoms with E-state index < -0.39 is 0 Å². The van der Waals surface area contributed by atoms with Gasteiger partial charge in [0.25, 0.3) is 0 Å². The molecule has 0 unspecified atom stereocenters. The Morgan fingerprint density at radius 2 is 1.60 bits per heavy atom. The zero-order chi connectivity index (χ0) is 33.5. The molecule has 47 heavy (non-hydrogen) atoms. The molecule has 3 rings (SSSR count). The lowest BCUT2D eigenvalue weighted by molar-refractivity contribution is 0.140. The summed E-state index contributed by atoms with van der Waals surface area (Å²) in [6.45, 7) is 9.98. The minimum absolute atomic E-state index is 0.127. The van der Waals surface area contributed by atoms with Gasteiger partial charge in [0.15, 0.2) is 17.0 Å². The van der Waals surface area contributed by atoms with Crippen LogP contribution in [-0.4, -0.2) is 44.8 Å². The van der Waals surface area contributed by atoms with Gasteiger partial charge in [0.2, 0.25) is 5.95 Å². The Labute approximate surface area is 283 Å². The number of aromatic nitrogens is 4. The Hall–Kier alpha value is -3.88. The van der Waals surface area contributed by atoms with Gasteiger partial charge in [-0.2, -0.15) is 9.97 Å². The first-order chi connectivity index (χ1) is 23.0. The maximum Gasteiger partial charge on any atom is 0.407 e. The van der Waals surface area contributed by atoms with Crippen LogP contribution < -0.4 is 16.0 Å². The Bertz CT molecular complexity index is 1340. The largest absolute Gasteiger partial charge is 0.447 e. The first kappa shape index (κ1) is 37.6. The fraction of sp³-hybridized carbons (Fsp3) is 0.579. The van der Waals surface area contributed by atoms with Crippen LogP contribution in [0.15, 0.2) is 61.0 Å². The number of unbranched alkanes of at least 4 members (excludes halogenated alkanes) is 9. The molecule has 0 aliphatic rings. The number of anilines is 2. The number of ether oxygens (including phenoxy) is 1. The second-order valence-electron chi connectivity index (χ2n) is 12.5. The molecule has 3 aromatic rings. The number of carbonyl (C=O) groups excluding carboxylic acids is 1. The summed E-state index contributed by atoms with van der Waals surface area (Å²) >= 11 is 0. The summed E-state index contributed by atoms with van der Waals surface area (Å²) in [6, 6.07) is 10.3. The molecule has 3 N–H and O–H groups in total. The van der Waals surface area contributed by atoms with E-state index in [9.17, 15) is 4.79 Å². The van der Waals surface area contributed by atoms with Gasteiger partial charge in [-0.05, 0) is 64.4 Å². The Balaban J connectivity index is 1.32. The Morgan fingerprint density at radius 3 is 2.30 bits per heavy atom. The minimum Gasteiger partial charge on any atom is -0.447 e. The van der Waals surface area contributed by atoms with Crippen molar-refractivity contribution in [2.75, 3.05) is 23.8 Å². The van der Waals surface area contributed by atoms with Crippen molar-refractivity contribution >= 4 is 29.0 Å². The van der Waals surface area contributed by atoms with Crippen molar-refractivity contribution < 1.29 is 9.53 Å². The van der Waals surface area contributed by atoms with Gasteiger partial charge in [0.1, 0.15) is 6.61 Å². The highest BCUT2D eigenvalue weighted by Crippen LogP contribution is 2.24. The van der Waals surface area contributed by atoms with Crippen molar-refractivity contribution in [3.05, 3.63) is 66.5 Å². The van der Waals surface area contributed by atoms with E-state index >= 15 is 0 Å². The zero-order valence-corrected chi connectivity index (χ0v) is 29.3. The van der Waals surface area contributed by atoms with Gasteiger partial charge in [0, 0.05) is 19.1 Å². The second-order valence-corrected chi connectivity index (χ2v) is 12.5. The van der Waals surface area contributed by atoms with Crippen molar-refractivity contribution in [2.45, 2.75) is 130 Å². The molecular weight excluding hydrogens is 586 g/mol. The summed E-state index contributed by atoms with van der Waals surface area (Å²) in [5, 5.41) is 9.72. The van der Waals surface area contributed by atoms with Crippen LogP contribution in [-0.2, 0) is 11.3 Å². The van der Waals surface area contributed by atoms with E-state index in [1.807, 2.05) is 22.8 Å². The molecule has 0 saturated heterocycles. The third kappa shape index (κ3) is 14.6. The maximum absolute atomic E-state index is 12.4. The standard InChI is InChI=1S/C38H59N7O2/c1-5-7-8-9-10-11-12-13-14-15-16-17-18-19-20-24-27-39-38(46)47-29-33(6-2)42-37-43-35(40-28-32-25-22-21-23-26-32)34-36(44-37)45(30-41-34)31(3)4/h10-11,13-14,21-23,25-26,30-31,33H,5-9,12,15-20,24,27-29H2,1-4H3,(H,39,46)(H2,40,42,43,44)/t33-/m1/s1. The molecule has 9 heteroatoms. The monoisotopic (exact) mass is 645 g/mol. The smallest absolute Gasteiger partial charge is 0.407 e. The normalized spacial score (nSPS) is 12.4. The molecule has 0 saturated carbocycles. The van der Waals surface area contributed by atoms with Crippen LogP contribution >= 0.6 is 0 Å². The average molecular weight is 646 g/mol. The van der Waals surface area contributed by atoms with E-state index in [4.69, 9.17) is 14.7 Å². The lowest BCUT2D eigenvalue weighted by Crippen LogP contribution is -2.32. The molecule has 0 aliphatic carbocycles. The minimum atomic E-state index is -0.382. The number of rotatable bonds is 24. The molecule has 1 aromatic carbocycles. The predicted molar refractivity (Wildman–Crippen MR) is 196 cm³/mol. The number of hydrogen-bond donors (Lipinski definition) is 3. The molecule has 0 radical (unpaired) electrons. The molecule has 2 heterocycles. The van der Waals surface area contributed by atoms with Crippen LogP contribution in [0.2, 0.25) is 0 Å². The van der Waals surface area contributed by atoms with Gasteiger partial charge in [-0.3, -0.25) is 0 Å². The quantitative estimate of drug-likeness (QED) is 0.0658. The van der Waals surface area contributed by atoms with Gasteiger partial charge >= 0.3 is 6.09 Å². The number of allylic oxidation sites excluding steroid dienone is 4. The van der Waals surface area contributed by atoms with Gasteiger partial charge in [-0.25, -0.2) is 9.78 Å². The van der Waals surface area contributed by atoms with Crippen LogP contribution in [0.25, 0.3) is 11.2 Å². The number of nitrogens with zero attached hydrogens (tertiary/aromatic N) is 4. The number of alkyl carbamates (subject to hydrolysis) is 1. The molecule has 0 fully saturated rings. The van der Waals surface area contributed by atoms with Crippen molar-refractivity contribution in [3.8, 4) is 0 Å². The lowest BCUT2D eigenvalue weighted by atomic mass is 10.1. The molecule has 258 valence electrons. The lowest BCUT2D eigenvalue weighted by Gasteiger charge is -2.18. The van der Waals surface area contributed by atoms with Crippen LogP contribution in [0.4, 0.5) is 16.6 Å². The maximum atomic E-state index is 12.4. The molecular formula is C38H59N7O2. The van der Waals surface area contributed by atoms with Crippen LogP contribution in [0.3, 0.4) is 0 Å². The molecule has 1 amide bonds. The Morgan fingerprint density at radius 1 is 0.894 bits per heavy atom. The van der Waals surface area contributed by atoms with E-state index in [0.29, 0.717) is 24.9 Å². The number of fused-ring (bicyclic) bond motifs is 1. The third-order valence-electron chi connectivity index (χ3n) is 8.17. The number of imidazole rings is 1. The number of amides is 1. The summed E-state index contributed by atoms with van der Waals surface area (Å²) in [5.74, 6) is 1.15. The molecule has 9 nitrogen and oxygen atoms in total. The average Bonchev–Trinajstić information content (AvgIpc) is 3.52. The van der Waals surface area contributed by atoms with E-state index in [1.165, 1.54) is 57.8 Å². The highest BCUT2D eigenvalue weighted by atomic mass is 16.5. The van der Waals surface area contributed by atoms with Crippen molar-refractivity contribution in [1.82, 2.24) is 24.8 Å². The summed E-state index contributed by atoms with van der Waals surface area (Å²) in [6.07, 6.45) is 25.8. The zero-order valence-electron chi connectivity index (χ0n) is 29.3. The second kappa shape index (κ2) is 22.6. The summed E-state index contributed by atoms with van der Waals surface area (Å²) < 4.78 is 7.59. The summed E-state index contributed by atoms with van der Waals surface area (Å²) in [5.41, 5.74) is 2.64. The van der Waals surface area contributed by atoms with Gasteiger partial charge in [-0.1, -0.05) is 107 Å². The SMILES string of the molecule is CCCCCC=CCC=CCCCCCCCCNC(=O)OC[C@@H](CC)Nc1nc(NCc2ccccc2)c2ncn(C(C)C)c2n1. The van der Waals surface area contributed by atoms with E-state index in [-0.39, 0.29) is 24.8 Å².